The number of methoxy groups -OCH3 is 1. The Bertz CT molecular complexity index is 1600. The van der Waals surface area contributed by atoms with E-state index in [1.54, 1.807) is 48.6 Å². The van der Waals surface area contributed by atoms with Crippen LogP contribution in [-0.2, 0) is 33.4 Å². The van der Waals surface area contributed by atoms with Gasteiger partial charge in [-0.2, -0.15) is 0 Å². The number of nitrogens with one attached hydrogen (secondary N) is 1. The van der Waals surface area contributed by atoms with E-state index < -0.39 is 65.6 Å². The molecule has 3 heterocycles. The third-order valence-electron chi connectivity index (χ3n) is 10.3. The molecule has 0 aliphatic carbocycles. The molecule has 2 N–H and O–H groups in total. The first-order valence-corrected chi connectivity index (χ1v) is 18.3. The van der Waals surface area contributed by atoms with Crippen LogP contribution in [0.25, 0.3) is 0 Å². The van der Waals surface area contributed by atoms with Gasteiger partial charge >= 0.3 is 5.97 Å². The van der Waals surface area contributed by atoms with Gasteiger partial charge in [0.2, 0.25) is 11.8 Å². The summed E-state index contributed by atoms with van der Waals surface area (Å²) in [5.41, 5.74) is -0.154. The van der Waals surface area contributed by atoms with Gasteiger partial charge in [0.25, 0.3) is 5.91 Å². The molecule has 0 aromatic heterocycles. The maximum absolute atomic E-state index is 14.9. The number of aliphatic hydroxyl groups excluding tert-OH is 1. The number of nitrogens with zero attached hydrogens (tertiary/aromatic N) is 2. The highest BCUT2D eigenvalue weighted by atomic mass is 35.5. The zero-order valence-electron chi connectivity index (χ0n) is 30.1. The van der Waals surface area contributed by atoms with E-state index in [1.165, 1.54) is 16.9 Å². The van der Waals surface area contributed by atoms with Crippen LogP contribution in [0.15, 0.2) is 79.9 Å². The van der Waals surface area contributed by atoms with Gasteiger partial charge in [-0.1, -0.05) is 67.9 Å². The summed E-state index contributed by atoms with van der Waals surface area (Å²) in [5, 5.41) is 14.2. The molecule has 8 atom stereocenters. The summed E-state index contributed by atoms with van der Waals surface area (Å²) in [7, 11) is 1.50. The Balaban J connectivity index is 1.54. The van der Waals surface area contributed by atoms with E-state index in [-0.39, 0.29) is 38.0 Å². The fourth-order valence-corrected chi connectivity index (χ4v) is 8.32. The molecule has 5 rings (SSSR count). The van der Waals surface area contributed by atoms with Crippen LogP contribution in [0.2, 0.25) is 5.02 Å². The number of rotatable bonds is 18. The Labute approximate surface area is 310 Å². The average molecular weight is 736 g/mol. The van der Waals surface area contributed by atoms with E-state index in [4.69, 9.17) is 25.8 Å². The highest BCUT2D eigenvalue weighted by molar-refractivity contribution is 6.30. The number of benzene rings is 2. The minimum absolute atomic E-state index is 0.0468. The van der Waals surface area contributed by atoms with E-state index in [1.807, 2.05) is 32.0 Å². The number of allylic oxidation sites excluding steroid dienone is 1. The molecule has 2 bridgehead atoms. The third kappa shape index (κ3) is 7.83. The lowest BCUT2D eigenvalue weighted by atomic mass is 9.70. The smallest absolute Gasteiger partial charge is 0.313 e. The molecule has 52 heavy (non-hydrogen) atoms. The normalized spacial score (nSPS) is 25.0. The largest absolute Gasteiger partial charge is 0.455 e. The molecule has 3 aliphatic rings. The van der Waals surface area contributed by atoms with Gasteiger partial charge in [-0.25, -0.2) is 0 Å². The van der Waals surface area contributed by atoms with E-state index in [0.29, 0.717) is 42.0 Å². The Morgan fingerprint density at radius 3 is 2.46 bits per heavy atom. The summed E-state index contributed by atoms with van der Waals surface area (Å²) < 4.78 is 18.5. The molecule has 3 fully saturated rings. The first-order chi connectivity index (χ1) is 25.0. The van der Waals surface area contributed by atoms with Gasteiger partial charge in [0.05, 0.1) is 43.2 Å². The lowest BCUT2D eigenvalue weighted by Gasteiger charge is -2.39. The number of esters is 1. The number of hydrogen-bond acceptors (Lipinski definition) is 8. The second-order valence-electron chi connectivity index (χ2n) is 14.2. The predicted octanol–water partition coefficient (Wildman–Crippen LogP) is 5.02. The van der Waals surface area contributed by atoms with Crippen molar-refractivity contribution in [3.05, 3.63) is 90.5 Å². The Hall–Kier alpha value is -4.03. The number of ether oxygens (including phenoxy) is 3. The molecule has 11 nitrogen and oxygen atoms in total. The van der Waals surface area contributed by atoms with Crippen LogP contribution in [0.1, 0.15) is 57.6 Å². The predicted molar refractivity (Wildman–Crippen MR) is 197 cm³/mol. The minimum atomic E-state index is -1.34. The lowest BCUT2D eigenvalue weighted by molar-refractivity contribution is -0.163. The van der Waals surface area contributed by atoms with Crippen LogP contribution in [0, 0.1) is 17.8 Å². The first-order valence-electron chi connectivity index (χ1n) is 17.9. The number of fused-ring (bicyclic) bond motifs is 1. The van der Waals surface area contributed by atoms with Gasteiger partial charge in [0, 0.05) is 30.8 Å². The van der Waals surface area contributed by atoms with Crippen molar-refractivity contribution in [3.8, 4) is 0 Å². The van der Waals surface area contributed by atoms with Crippen molar-refractivity contribution in [2.24, 2.45) is 17.8 Å². The summed E-state index contributed by atoms with van der Waals surface area (Å²) >= 11 is 6.18. The van der Waals surface area contributed by atoms with Crippen molar-refractivity contribution < 1.29 is 38.5 Å². The zero-order valence-corrected chi connectivity index (χ0v) is 30.9. The Morgan fingerprint density at radius 2 is 1.85 bits per heavy atom. The molecule has 3 amide bonds. The quantitative estimate of drug-likeness (QED) is 0.161. The van der Waals surface area contributed by atoms with Gasteiger partial charge < -0.3 is 34.4 Å². The van der Waals surface area contributed by atoms with E-state index in [9.17, 15) is 24.3 Å². The van der Waals surface area contributed by atoms with Crippen molar-refractivity contribution in [2.75, 3.05) is 31.8 Å². The second-order valence-corrected chi connectivity index (χ2v) is 14.6. The van der Waals surface area contributed by atoms with Crippen molar-refractivity contribution >= 4 is 41.0 Å². The van der Waals surface area contributed by atoms with Crippen LogP contribution >= 0.6 is 11.6 Å². The minimum Gasteiger partial charge on any atom is -0.455 e. The third-order valence-corrected chi connectivity index (χ3v) is 10.6. The highest BCUT2D eigenvalue weighted by Crippen LogP contribution is 2.59. The fourth-order valence-electron chi connectivity index (χ4n) is 8.20. The van der Waals surface area contributed by atoms with Crippen molar-refractivity contribution in [3.63, 3.8) is 0 Å². The molecule has 2 aromatic rings. The topological polar surface area (TPSA) is 135 Å². The molecule has 12 heteroatoms. The monoisotopic (exact) mass is 735 g/mol. The summed E-state index contributed by atoms with van der Waals surface area (Å²) in [5.74, 6) is -3.74. The van der Waals surface area contributed by atoms with E-state index in [0.717, 1.165) is 0 Å². The molecule has 3 saturated heterocycles. The number of carbonyl (C=O) groups is 4. The Kier molecular flexibility index (Phi) is 13.0. The SMILES string of the molecule is C=CCCC(=O)N[C@@H](COC)[C@@H](OC(=O)[C@@H]1[C@H]2C(=O)N([C@@H](CO)CC(C)C)[C@H](C(=O)N(CC=C)c3ccc(Cl)cc3)[C@]23CC[C@H]1O3)c1ccccc1. The summed E-state index contributed by atoms with van der Waals surface area (Å²) in [6, 6.07) is 13.3. The molecule has 280 valence electrons. The average Bonchev–Trinajstić information content (AvgIpc) is 3.78. The van der Waals surface area contributed by atoms with Gasteiger partial charge in [0.1, 0.15) is 17.7 Å². The van der Waals surface area contributed by atoms with Crippen LogP contribution in [0.3, 0.4) is 0 Å². The maximum Gasteiger partial charge on any atom is 0.313 e. The first kappa shape index (κ1) is 39.2. The fraction of sp³-hybridized carbons (Fsp3) is 0.500. The van der Waals surface area contributed by atoms with Crippen molar-refractivity contribution in [1.29, 1.82) is 0 Å². The Morgan fingerprint density at radius 1 is 1.13 bits per heavy atom. The molecule has 0 saturated carbocycles. The van der Waals surface area contributed by atoms with Gasteiger partial charge in [-0.15, -0.1) is 13.2 Å². The second kappa shape index (κ2) is 17.2. The summed E-state index contributed by atoms with van der Waals surface area (Å²) in [4.78, 5) is 60.2. The molecule has 2 aromatic carbocycles. The lowest BCUT2D eigenvalue weighted by Crippen LogP contribution is -2.59. The highest BCUT2D eigenvalue weighted by Gasteiger charge is 2.75. The van der Waals surface area contributed by atoms with Crippen LogP contribution in [0.5, 0.6) is 0 Å². The molecule has 1 spiro atoms. The number of carbonyl (C=O) groups excluding carboxylic acids is 4. The van der Waals surface area contributed by atoms with E-state index in [2.05, 4.69) is 18.5 Å². The zero-order chi connectivity index (χ0) is 37.6. The number of aliphatic hydroxyl groups is 1. The van der Waals surface area contributed by atoms with Gasteiger partial charge in [0.15, 0.2) is 0 Å². The molecule has 0 radical (unpaired) electrons. The molecule has 0 unspecified atom stereocenters. The maximum atomic E-state index is 14.9. The van der Waals surface area contributed by atoms with Gasteiger partial charge in [-0.3, -0.25) is 19.2 Å². The van der Waals surface area contributed by atoms with Crippen LogP contribution in [-0.4, -0.2) is 90.4 Å². The van der Waals surface area contributed by atoms with E-state index >= 15 is 0 Å². The van der Waals surface area contributed by atoms with Crippen LogP contribution in [0.4, 0.5) is 5.69 Å². The molecular formula is C40H50ClN3O8. The number of hydrogen-bond donors (Lipinski definition) is 2. The number of likely N-dealkylation sites (tertiary alicyclic amines) is 1. The summed E-state index contributed by atoms with van der Waals surface area (Å²) in [6.07, 6.45) is 3.50. The molecule has 3 aliphatic heterocycles. The number of anilines is 1. The van der Waals surface area contributed by atoms with Crippen molar-refractivity contribution in [2.45, 2.75) is 81.9 Å². The van der Waals surface area contributed by atoms with Gasteiger partial charge in [-0.05, 0) is 61.4 Å². The summed E-state index contributed by atoms with van der Waals surface area (Å²) in [6.45, 7) is 11.3. The number of amides is 3. The standard InChI is InChI=1S/C40H50ClN3O8/c1-6-8-14-32(46)42-30(24-50-5)35(26-12-10-9-11-13-26)51-39(49)33-31-19-20-40(52-31)34(33)37(47)44(29(23-45)22-25(3)4)36(40)38(48)43(21-7-2)28-17-15-27(41)16-18-28/h6-7,9-13,15-18,25,29-31,33-36,45H,1-2,8,14,19-24H2,3-5H3,(H,42,46)/t29-,30+,31-,33+,34+,35+,36-,40+/m1/s1. The molecular weight excluding hydrogens is 686 g/mol. The van der Waals surface area contributed by atoms with Crippen molar-refractivity contribution in [1.82, 2.24) is 10.2 Å². The number of halogens is 1. The van der Waals surface area contributed by atoms with Crippen LogP contribution < -0.4 is 10.2 Å².